The minimum atomic E-state index is -0.643. The van der Waals surface area contributed by atoms with Gasteiger partial charge in [0.05, 0.1) is 33.1 Å². The fourth-order valence-electron chi connectivity index (χ4n) is 3.81. The van der Waals surface area contributed by atoms with Crippen molar-refractivity contribution in [2.75, 3.05) is 13.2 Å². The third kappa shape index (κ3) is 4.20. The SMILES string of the molecule is CC(C)OCCCN1C(=O)c2oc3ccc(Cl)cc3c(=O)c2[C@@H]1c1ccc(Cl)c(Cl)c1. The van der Waals surface area contributed by atoms with Gasteiger partial charge in [0.1, 0.15) is 5.58 Å². The average molecular weight is 481 g/mol. The van der Waals surface area contributed by atoms with Crippen LogP contribution in [0, 0.1) is 0 Å². The van der Waals surface area contributed by atoms with Crippen LogP contribution in [0.1, 0.15) is 48.0 Å². The lowest BCUT2D eigenvalue weighted by atomic mass is 9.98. The Hall–Kier alpha value is -2.05. The Morgan fingerprint density at radius 2 is 1.84 bits per heavy atom. The number of fused-ring (bicyclic) bond motifs is 2. The van der Waals surface area contributed by atoms with E-state index in [2.05, 4.69) is 0 Å². The van der Waals surface area contributed by atoms with Crippen LogP contribution in [0.2, 0.25) is 15.1 Å². The van der Waals surface area contributed by atoms with E-state index in [0.29, 0.717) is 51.2 Å². The van der Waals surface area contributed by atoms with Gasteiger partial charge < -0.3 is 14.1 Å². The number of benzene rings is 2. The van der Waals surface area contributed by atoms with Gasteiger partial charge in [0.15, 0.2) is 5.43 Å². The molecule has 0 radical (unpaired) electrons. The van der Waals surface area contributed by atoms with Crippen LogP contribution in [0.4, 0.5) is 0 Å². The summed E-state index contributed by atoms with van der Waals surface area (Å²) in [5.41, 5.74) is 0.992. The van der Waals surface area contributed by atoms with Crippen LogP contribution in [0.3, 0.4) is 0 Å². The number of carbonyl (C=O) groups excluding carboxylic acids is 1. The Labute approximate surface area is 194 Å². The molecular formula is C23H20Cl3NO4. The molecule has 3 aromatic rings. The summed E-state index contributed by atoms with van der Waals surface area (Å²) in [6, 6.07) is 9.22. The van der Waals surface area contributed by atoms with Gasteiger partial charge in [-0.25, -0.2) is 0 Å². The van der Waals surface area contributed by atoms with Gasteiger partial charge >= 0.3 is 0 Å². The van der Waals surface area contributed by atoms with E-state index in [4.69, 9.17) is 44.0 Å². The first-order chi connectivity index (χ1) is 14.8. The second-order valence-corrected chi connectivity index (χ2v) is 8.91. The molecule has 0 saturated heterocycles. The quantitative estimate of drug-likeness (QED) is 0.399. The highest BCUT2D eigenvalue weighted by atomic mass is 35.5. The summed E-state index contributed by atoms with van der Waals surface area (Å²) in [6.45, 7) is 4.78. The third-order valence-corrected chi connectivity index (χ3v) is 6.16. The van der Waals surface area contributed by atoms with Gasteiger partial charge in [0, 0.05) is 18.2 Å². The fraction of sp³-hybridized carbons (Fsp3) is 0.304. The maximum atomic E-state index is 13.4. The van der Waals surface area contributed by atoms with Gasteiger partial charge in [-0.2, -0.15) is 0 Å². The van der Waals surface area contributed by atoms with E-state index in [1.54, 1.807) is 41.3 Å². The summed E-state index contributed by atoms with van der Waals surface area (Å²) in [4.78, 5) is 28.4. The molecule has 5 nitrogen and oxygen atoms in total. The first-order valence-electron chi connectivity index (χ1n) is 9.91. The number of rotatable bonds is 6. The highest BCUT2D eigenvalue weighted by molar-refractivity contribution is 6.42. The predicted molar refractivity (Wildman–Crippen MR) is 123 cm³/mol. The van der Waals surface area contributed by atoms with Crippen LogP contribution in [0.5, 0.6) is 0 Å². The molecule has 8 heteroatoms. The van der Waals surface area contributed by atoms with Crippen LogP contribution in [0.25, 0.3) is 11.0 Å². The maximum Gasteiger partial charge on any atom is 0.290 e. The lowest BCUT2D eigenvalue weighted by Gasteiger charge is -2.25. The first kappa shape index (κ1) is 22.2. The predicted octanol–water partition coefficient (Wildman–Crippen LogP) is 6.11. The Morgan fingerprint density at radius 3 is 2.55 bits per heavy atom. The highest BCUT2D eigenvalue weighted by Crippen LogP contribution is 2.40. The van der Waals surface area contributed by atoms with Crippen molar-refractivity contribution in [1.82, 2.24) is 4.90 Å². The zero-order valence-electron chi connectivity index (χ0n) is 17.0. The molecule has 0 unspecified atom stereocenters. The largest absolute Gasteiger partial charge is 0.450 e. The molecule has 4 rings (SSSR count). The van der Waals surface area contributed by atoms with Crippen molar-refractivity contribution in [2.24, 2.45) is 0 Å². The maximum absolute atomic E-state index is 13.4. The summed E-state index contributed by atoms with van der Waals surface area (Å²) in [5, 5.41) is 1.48. The number of carbonyl (C=O) groups is 1. The molecule has 1 amide bonds. The van der Waals surface area contributed by atoms with Crippen LogP contribution in [-0.4, -0.2) is 30.1 Å². The molecule has 0 bridgehead atoms. The second-order valence-electron chi connectivity index (χ2n) is 7.66. The molecule has 0 spiro atoms. The van der Waals surface area contributed by atoms with Crippen molar-refractivity contribution >= 4 is 51.7 Å². The highest BCUT2D eigenvalue weighted by Gasteiger charge is 2.42. The van der Waals surface area contributed by atoms with E-state index in [1.165, 1.54) is 0 Å². The van der Waals surface area contributed by atoms with Crippen molar-refractivity contribution < 1.29 is 13.9 Å². The van der Waals surface area contributed by atoms with Gasteiger partial charge in [0.2, 0.25) is 5.76 Å². The molecule has 0 saturated carbocycles. The van der Waals surface area contributed by atoms with Crippen LogP contribution in [0.15, 0.2) is 45.6 Å². The number of nitrogens with zero attached hydrogens (tertiary/aromatic N) is 1. The molecule has 1 aliphatic rings. The van der Waals surface area contributed by atoms with Crippen molar-refractivity contribution in [2.45, 2.75) is 32.4 Å². The van der Waals surface area contributed by atoms with Crippen molar-refractivity contribution in [3.05, 3.63) is 78.6 Å². The van der Waals surface area contributed by atoms with Crippen molar-refractivity contribution in [1.29, 1.82) is 0 Å². The zero-order chi connectivity index (χ0) is 22.3. The van der Waals surface area contributed by atoms with Gasteiger partial charge in [0.25, 0.3) is 5.91 Å². The number of hydrogen-bond acceptors (Lipinski definition) is 4. The summed E-state index contributed by atoms with van der Waals surface area (Å²) in [6.07, 6.45) is 0.700. The van der Waals surface area contributed by atoms with Gasteiger partial charge in [-0.15, -0.1) is 0 Å². The Balaban J connectivity index is 1.84. The molecule has 1 aromatic heterocycles. The topological polar surface area (TPSA) is 59.8 Å². The Kier molecular flexibility index (Phi) is 6.31. The van der Waals surface area contributed by atoms with Crippen molar-refractivity contribution in [3.8, 4) is 0 Å². The summed E-state index contributed by atoms with van der Waals surface area (Å²) in [5.74, 6) is -0.301. The summed E-state index contributed by atoms with van der Waals surface area (Å²) < 4.78 is 11.5. The van der Waals surface area contributed by atoms with E-state index in [1.807, 2.05) is 13.8 Å². The normalized spacial score (nSPS) is 15.9. The Morgan fingerprint density at radius 1 is 1.06 bits per heavy atom. The fourth-order valence-corrected chi connectivity index (χ4v) is 4.28. The van der Waals surface area contributed by atoms with Gasteiger partial charge in [-0.1, -0.05) is 40.9 Å². The van der Waals surface area contributed by atoms with E-state index < -0.39 is 6.04 Å². The van der Waals surface area contributed by atoms with E-state index >= 15 is 0 Å². The monoisotopic (exact) mass is 479 g/mol. The third-order valence-electron chi connectivity index (χ3n) is 5.18. The average Bonchev–Trinajstić information content (AvgIpc) is 3.00. The number of hydrogen-bond donors (Lipinski definition) is 0. The standard InChI is InChI=1S/C23H20Cl3NO4/c1-12(2)30-9-3-8-27-20(13-4-6-16(25)17(26)10-13)19-21(28)15-11-14(24)5-7-18(15)31-22(19)23(27)29/h4-7,10-12,20H,3,8-9H2,1-2H3/t20-/m0/s1. The molecule has 2 heterocycles. The lowest BCUT2D eigenvalue weighted by Crippen LogP contribution is -2.31. The molecule has 2 aromatic carbocycles. The minimum Gasteiger partial charge on any atom is -0.450 e. The van der Waals surface area contributed by atoms with Gasteiger partial charge in [-0.3, -0.25) is 9.59 Å². The van der Waals surface area contributed by atoms with E-state index in [9.17, 15) is 9.59 Å². The Bertz CT molecular complexity index is 1220. The van der Waals surface area contributed by atoms with Gasteiger partial charge in [-0.05, 0) is 56.2 Å². The zero-order valence-corrected chi connectivity index (χ0v) is 19.2. The molecule has 1 atom stereocenters. The summed E-state index contributed by atoms with van der Waals surface area (Å²) in [7, 11) is 0. The number of halogens is 3. The molecule has 0 N–H and O–H groups in total. The second kappa shape index (κ2) is 8.83. The lowest BCUT2D eigenvalue weighted by molar-refractivity contribution is 0.0593. The number of ether oxygens (including phenoxy) is 1. The number of amides is 1. The first-order valence-corrected chi connectivity index (χ1v) is 11.0. The molecule has 0 aliphatic carbocycles. The summed E-state index contributed by atoms with van der Waals surface area (Å²) >= 11 is 18.4. The molecule has 1 aliphatic heterocycles. The van der Waals surface area contributed by atoms with E-state index in [-0.39, 0.29) is 28.8 Å². The van der Waals surface area contributed by atoms with Crippen LogP contribution < -0.4 is 5.43 Å². The smallest absolute Gasteiger partial charge is 0.290 e. The minimum absolute atomic E-state index is 0.0423. The van der Waals surface area contributed by atoms with Crippen LogP contribution in [-0.2, 0) is 4.74 Å². The van der Waals surface area contributed by atoms with E-state index in [0.717, 1.165) is 0 Å². The molecular weight excluding hydrogens is 461 g/mol. The molecule has 0 fully saturated rings. The van der Waals surface area contributed by atoms with Crippen molar-refractivity contribution in [3.63, 3.8) is 0 Å². The molecule has 162 valence electrons. The van der Waals surface area contributed by atoms with Crippen LogP contribution >= 0.6 is 34.8 Å². The molecule has 31 heavy (non-hydrogen) atoms.